The Balaban J connectivity index is 2.35. The molecule has 0 aliphatic carbocycles. The van der Waals surface area contributed by atoms with Crippen molar-refractivity contribution in [3.63, 3.8) is 0 Å². The molecular weight excluding hydrogens is 364 g/mol. The van der Waals surface area contributed by atoms with Gasteiger partial charge in [-0.1, -0.05) is 6.07 Å². The summed E-state index contributed by atoms with van der Waals surface area (Å²) >= 11 is 3.29. The molecule has 2 rings (SSSR count). The van der Waals surface area contributed by atoms with E-state index < -0.39 is 9.05 Å². The molecule has 0 atom stereocenters. The molecule has 0 heterocycles. The van der Waals surface area contributed by atoms with Gasteiger partial charge in [0.05, 0.1) is 9.37 Å². The molecule has 0 fully saturated rings. The Labute approximate surface area is 131 Å². The fourth-order valence-electron chi connectivity index (χ4n) is 1.83. The number of ether oxygens (including phenoxy) is 1. The maximum absolute atomic E-state index is 11.2. The third-order valence-corrected chi connectivity index (χ3v) is 4.58. The van der Waals surface area contributed by atoms with Crippen LogP contribution in [0.1, 0.15) is 11.1 Å². The number of aryl methyl sites for hydroxylation is 2. The largest absolute Gasteiger partial charge is 0.456 e. The minimum atomic E-state index is -3.74. The SMILES string of the molecule is Cc1cc(C)cc(Oc2ccc(S(=O)(=O)Cl)cc2Br)c1. The van der Waals surface area contributed by atoms with Crippen molar-refractivity contribution >= 4 is 35.7 Å². The normalized spacial score (nSPS) is 11.4. The van der Waals surface area contributed by atoms with E-state index in [0.717, 1.165) is 11.1 Å². The van der Waals surface area contributed by atoms with E-state index in [2.05, 4.69) is 15.9 Å². The van der Waals surface area contributed by atoms with E-state index in [1.54, 1.807) is 6.07 Å². The van der Waals surface area contributed by atoms with Gasteiger partial charge in [-0.3, -0.25) is 0 Å². The first-order chi connectivity index (χ1) is 9.25. The van der Waals surface area contributed by atoms with Gasteiger partial charge in [0.1, 0.15) is 11.5 Å². The van der Waals surface area contributed by atoms with E-state index in [4.69, 9.17) is 15.4 Å². The highest BCUT2D eigenvalue weighted by Gasteiger charge is 2.13. The quantitative estimate of drug-likeness (QED) is 0.725. The maximum atomic E-state index is 11.2. The average molecular weight is 376 g/mol. The van der Waals surface area contributed by atoms with Crippen LogP contribution in [-0.4, -0.2) is 8.42 Å². The minimum absolute atomic E-state index is 0.0267. The third-order valence-electron chi connectivity index (χ3n) is 2.61. The molecule has 106 valence electrons. The second-order valence-corrected chi connectivity index (χ2v) is 7.88. The van der Waals surface area contributed by atoms with E-state index in [1.165, 1.54) is 12.1 Å². The van der Waals surface area contributed by atoms with E-state index >= 15 is 0 Å². The highest BCUT2D eigenvalue weighted by molar-refractivity contribution is 9.10. The van der Waals surface area contributed by atoms with Crippen LogP contribution in [0.2, 0.25) is 0 Å². The molecule has 0 spiro atoms. The van der Waals surface area contributed by atoms with Gasteiger partial charge >= 0.3 is 0 Å². The van der Waals surface area contributed by atoms with E-state index in [1.807, 2.05) is 32.0 Å². The molecule has 0 saturated carbocycles. The summed E-state index contributed by atoms with van der Waals surface area (Å²) in [4.78, 5) is 0.0267. The van der Waals surface area contributed by atoms with Gasteiger partial charge in [-0.15, -0.1) is 0 Å². The van der Waals surface area contributed by atoms with Crippen LogP contribution in [0.5, 0.6) is 11.5 Å². The van der Waals surface area contributed by atoms with Crippen LogP contribution in [0.4, 0.5) is 0 Å². The third kappa shape index (κ3) is 3.75. The van der Waals surface area contributed by atoms with Gasteiger partial charge in [-0.05, 0) is 71.2 Å². The van der Waals surface area contributed by atoms with Crippen LogP contribution in [0, 0.1) is 13.8 Å². The molecule has 0 aromatic heterocycles. The van der Waals surface area contributed by atoms with Crippen molar-refractivity contribution in [3.8, 4) is 11.5 Å². The van der Waals surface area contributed by atoms with Crippen molar-refractivity contribution in [2.75, 3.05) is 0 Å². The molecular formula is C14H12BrClO3S. The number of benzene rings is 2. The lowest BCUT2D eigenvalue weighted by atomic mass is 10.1. The molecule has 2 aromatic carbocycles. The Kier molecular flexibility index (Phi) is 4.42. The Morgan fingerprint density at radius 2 is 1.65 bits per heavy atom. The highest BCUT2D eigenvalue weighted by Crippen LogP contribution is 2.33. The van der Waals surface area contributed by atoms with Gasteiger partial charge in [-0.25, -0.2) is 8.42 Å². The topological polar surface area (TPSA) is 43.4 Å². The molecule has 0 N–H and O–H groups in total. The van der Waals surface area contributed by atoms with Crippen LogP contribution in [-0.2, 0) is 9.05 Å². The number of rotatable bonds is 3. The van der Waals surface area contributed by atoms with E-state index in [0.29, 0.717) is 16.0 Å². The highest BCUT2D eigenvalue weighted by atomic mass is 79.9. The van der Waals surface area contributed by atoms with Crippen molar-refractivity contribution < 1.29 is 13.2 Å². The lowest BCUT2D eigenvalue weighted by molar-refractivity contribution is 0.478. The smallest absolute Gasteiger partial charge is 0.261 e. The molecule has 3 nitrogen and oxygen atoms in total. The zero-order valence-corrected chi connectivity index (χ0v) is 14.0. The van der Waals surface area contributed by atoms with Gasteiger partial charge in [0.2, 0.25) is 0 Å². The standard InChI is InChI=1S/C14H12BrClO3S/c1-9-5-10(2)7-11(6-9)19-14-4-3-12(8-13(14)15)20(16,17)18/h3-8H,1-2H3. The fourth-order valence-corrected chi connectivity index (χ4v) is 3.22. The van der Waals surface area contributed by atoms with Crippen molar-refractivity contribution in [1.82, 2.24) is 0 Å². The summed E-state index contributed by atoms with van der Waals surface area (Å²) in [7, 11) is 1.55. The zero-order valence-electron chi connectivity index (χ0n) is 10.9. The molecule has 0 radical (unpaired) electrons. The number of hydrogen-bond donors (Lipinski definition) is 0. The summed E-state index contributed by atoms with van der Waals surface area (Å²) in [5.41, 5.74) is 2.19. The summed E-state index contributed by atoms with van der Waals surface area (Å²) in [5.74, 6) is 1.23. The molecule has 6 heteroatoms. The maximum Gasteiger partial charge on any atom is 0.261 e. The van der Waals surface area contributed by atoms with Crippen LogP contribution in [0.15, 0.2) is 45.8 Å². The molecule has 0 saturated heterocycles. The molecule has 0 amide bonds. The number of halogens is 2. The second kappa shape index (κ2) is 5.76. The van der Waals surface area contributed by atoms with Gasteiger partial charge in [0, 0.05) is 10.7 Å². The van der Waals surface area contributed by atoms with Crippen LogP contribution in [0.3, 0.4) is 0 Å². The van der Waals surface area contributed by atoms with Gasteiger partial charge in [0.25, 0.3) is 9.05 Å². The molecule has 0 aliphatic heterocycles. The monoisotopic (exact) mass is 374 g/mol. The van der Waals surface area contributed by atoms with E-state index in [9.17, 15) is 8.42 Å². The van der Waals surface area contributed by atoms with Gasteiger partial charge < -0.3 is 4.74 Å². The first kappa shape index (κ1) is 15.4. The van der Waals surface area contributed by atoms with Crippen molar-refractivity contribution in [2.45, 2.75) is 18.7 Å². The van der Waals surface area contributed by atoms with Gasteiger partial charge in [0.15, 0.2) is 0 Å². The predicted octanol–water partition coefficient (Wildman–Crippen LogP) is 4.79. The summed E-state index contributed by atoms with van der Waals surface area (Å²) < 4.78 is 28.8. The van der Waals surface area contributed by atoms with Crippen LogP contribution < -0.4 is 4.74 Å². The minimum Gasteiger partial charge on any atom is -0.456 e. The fraction of sp³-hybridized carbons (Fsp3) is 0.143. The summed E-state index contributed by atoms with van der Waals surface area (Å²) in [6, 6.07) is 10.3. The first-order valence-corrected chi connectivity index (χ1v) is 8.86. The van der Waals surface area contributed by atoms with Crippen molar-refractivity contribution in [2.24, 2.45) is 0 Å². The molecule has 0 bridgehead atoms. The molecule has 0 unspecified atom stereocenters. The van der Waals surface area contributed by atoms with Crippen LogP contribution >= 0.6 is 26.6 Å². The van der Waals surface area contributed by atoms with Crippen molar-refractivity contribution in [3.05, 3.63) is 52.0 Å². The average Bonchev–Trinajstić information content (AvgIpc) is 2.29. The van der Waals surface area contributed by atoms with E-state index in [-0.39, 0.29) is 4.90 Å². The lowest BCUT2D eigenvalue weighted by Crippen LogP contribution is -1.92. The Hall–Kier alpha value is -1.04. The Morgan fingerprint density at radius 3 is 2.15 bits per heavy atom. The molecule has 0 aliphatic rings. The summed E-state index contributed by atoms with van der Waals surface area (Å²) in [5, 5.41) is 0. The van der Waals surface area contributed by atoms with Gasteiger partial charge in [-0.2, -0.15) is 0 Å². The lowest BCUT2D eigenvalue weighted by Gasteiger charge is -2.10. The summed E-state index contributed by atoms with van der Waals surface area (Å²) in [6.45, 7) is 3.97. The second-order valence-electron chi connectivity index (χ2n) is 4.46. The molecule has 20 heavy (non-hydrogen) atoms. The first-order valence-electron chi connectivity index (χ1n) is 5.76. The molecule has 2 aromatic rings. The Morgan fingerprint density at radius 1 is 1.05 bits per heavy atom. The van der Waals surface area contributed by atoms with Crippen LogP contribution in [0.25, 0.3) is 0 Å². The summed E-state index contributed by atoms with van der Waals surface area (Å²) in [6.07, 6.45) is 0. The zero-order chi connectivity index (χ0) is 14.9. The van der Waals surface area contributed by atoms with Crippen molar-refractivity contribution in [1.29, 1.82) is 0 Å². The predicted molar refractivity (Wildman–Crippen MR) is 83.2 cm³/mol. The number of hydrogen-bond acceptors (Lipinski definition) is 3. The Bertz CT molecular complexity index is 737.